The lowest BCUT2D eigenvalue weighted by molar-refractivity contribution is 0.611. The van der Waals surface area contributed by atoms with Gasteiger partial charge >= 0.3 is 0 Å². The number of fused-ring (bicyclic) bond motifs is 2. The molecule has 0 saturated heterocycles. The molecule has 0 spiro atoms. The standard InChI is InChI=1S/C16H10ClNO2/c1-9-8-19-15-6-10(2-3-11(9)15)14-7-12-13(20-14)4-5-18-16(12)17/h2-8H,1H3. The van der Waals surface area contributed by atoms with Crippen LogP contribution in [-0.2, 0) is 0 Å². The van der Waals surface area contributed by atoms with Crippen molar-refractivity contribution in [2.45, 2.75) is 6.92 Å². The Bertz CT molecular complexity index is 936. The van der Waals surface area contributed by atoms with E-state index < -0.39 is 0 Å². The predicted molar refractivity (Wildman–Crippen MR) is 79.0 cm³/mol. The normalized spacial score (nSPS) is 11.5. The smallest absolute Gasteiger partial charge is 0.140 e. The van der Waals surface area contributed by atoms with Crippen LogP contribution in [0.15, 0.2) is 51.6 Å². The van der Waals surface area contributed by atoms with E-state index in [1.807, 2.05) is 31.2 Å². The van der Waals surface area contributed by atoms with E-state index in [9.17, 15) is 0 Å². The van der Waals surface area contributed by atoms with Gasteiger partial charge in [-0.25, -0.2) is 4.98 Å². The van der Waals surface area contributed by atoms with Crippen LogP contribution >= 0.6 is 11.6 Å². The molecule has 0 fully saturated rings. The molecule has 0 aliphatic rings. The Balaban J connectivity index is 1.93. The average molecular weight is 284 g/mol. The van der Waals surface area contributed by atoms with Gasteiger partial charge in [0.05, 0.1) is 11.6 Å². The average Bonchev–Trinajstić information content (AvgIpc) is 3.04. The number of hydrogen-bond acceptors (Lipinski definition) is 3. The zero-order valence-corrected chi connectivity index (χ0v) is 11.4. The summed E-state index contributed by atoms with van der Waals surface area (Å²) in [4.78, 5) is 4.05. The second kappa shape index (κ2) is 4.12. The van der Waals surface area contributed by atoms with Gasteiger partial charge in [0.2, 0.25) is 0 Å². The second-order valence-corrected chi connectivity index (χ2v) is 5.11. The van der Waals surface area contributed by atoms with Crippen molar-refractivity contribution in [3.8, 4) is 11.3 Å². The van der Waals surface area contributed by atoms with Gasteiger partial charge in [-0.2, -0.15) is 0 Å². The van der Waals surface area contributed by atoms with E-state index in [-0.39, 0.29) is 0 Å². The number of aryl methyl sites for hydroxylation is 1. The van der Waals surface area contributed by atoms with Gasteiger partial charge in [-0.05, 0) is 30.7 Å². The lowest BCUT2D eigenvalue weighted by Crippen LogP contribution is -1.74. The molecular formula is C16H10ClNO2. The van der Waals surface area contributed by atoms with Crippen molar-refractivity contribution in [3.63, 3.8) is 0 Å². The Hall–Kier alpha value is -2.26. The summed E-state index contributed by atoms with van der Waals surface area (Å²) in [5.41, 5.74) is 3.67. The van der Waals surface area contributed by atoms with Gasteiger partial charge in [-0.1, -0.05) is 23.7 Å². The molecule has 4 rings (SSSR count). The third-order valence-electron chi connectivity index (χ3n) is 3.45. The van der Waals surface area contributed by atoms with Crippen molar-refractivity contribution < 1.29 is 8.83 Å². The zero-order chi connectivity index (χ0) is 13.7. The fraction of sp³-hybridized carbons (Fsp3) is 0.0625. The highest BCUT2D eigenvalue weighted by Gasteiger charge is 2.11. The third-order valence-corrected chi connectivity index (χ3v) is 3.75. The number of pyridine rings is 1. The van der Waals surface area contributed by atoms with Gasteiger partial charge in [0.25, 0.3) is 0 Å². The molecule has 4 heteroatoms. The molecule has 4 aromatic rings. The van der Waals surface area contributed by atoms with Gasteiger partial charge in [0.15, 0.2) is 0 Å². The maximum atomic E-state index is 6.07. The zero-order valence-electron chi connectivity index (χ0n) is 10.7. The number of nitrogens with zero attached hydrogens (tertiary/aromatic N) is 1. The van der Waals surface area contributed by atoms with Gasteiger partial charge in [0, 0.05) is 17.1 Å². The molecule has 3 nitrogen and oxygen atoms in total. The second-order valence-electron chi connectivity index (χ2n) is 4.75. The van der Waals surface area contributed by atoms with Crippen LogP contribution in [0.3, 0.4) is 0 Å². The maximum absolute atomic E-state index is 6.07. The summed E-state index contributed by atoms with van der Waals surface area (Å²) >= 11 is 6.07. The highest BCUT2D eigenvalue weighted by atomic mass is 35.5. The van der Waals surface area contributed by atoms with Crippen molar-refractivity contribution in [3.05, 3.63) is 53.5 Å². The minimum atomic E-state index is 0.451. The van der Waals surface area contributed by atoms with Crippen LogP contribution < -0.4 is 0 Å². The Morgan fingerprint density at radius 1 is 1.05 bits per heavy atom. The van der Waals surface area contributed by atoms with Crippen molar-refractivity contribution in [1.82, 2.24) is 4.98 Å². The van der Waals surface area contributed by atoms with E-state index in [0.717, 1.165) is 38.8 Å². The molecule has 0 aliphatic heterocycles. The van der Waals surface area contributed by atoms with E-state index in [0.29, 0.717) is 5.15 Å². The van der Waals surface area contributed by atoms with E-state index in [4.69, 9.17) is 20.4 Å². The number of halogens is 1. The first kappa shape index (κ1) is 11.6. The maximum Gasteiger partial charge on any atom is 0.140 e. The van der Waals surface area contributed by atoms with Crippen LogP contribution in [0.1, 0.15) is 5.56 Å². The summed E-state index contributed by atoms with van der Waals surface area (Å²) in [7, 11) is 0. The molecule has 0 bridgehead atoms. The van der Waals surface area contributed by atoms with E-state index in [1.54, 1.807) is 18.5 Å². The lowest BCUT2D eigenvalue weighted by Gasteiger charge is -1.96. The highest BCUT2D eigenvalue weighted by molar-refractivity contribution is 6.34. The first-order valence-corrected chi connectivity index (χ1v) is 6.62. The molecule has 0 amide bonds. The number of aromatic nitrogens is 1. The SMILES string of the molecule is Cc1coc2cc(-c3cc4c(Cl)nccc4o3)ccc12. The summed E-state index contributed by atoms with van der Waals surface area (Å²) < 4.78 is 11.4. The van der Waals surface area contributed by atoms with Crippen molar-refractivity contribution in [1.29, 1.82) is 0 Å². The molecule has 0 radical (unpaired) electrons. The summed E-state index contributed by atoms with van der Waals surface area (Å²) in [6.45, 7) is 2.03. The Kier molecular flexibility index (Phi) is 2.38. The largest absolute Gasteiger partial charge is 0.464 e. The minimum Gasteiger partial charge on any atom is -0.464 e. The number of furan rings is 2. The van der Waals surface area contributed by atoms with E-state index in [2.05, 4.69) is 4.98 Å². The van der Waals surface area contributed by atoms with Crippen molar-refractivity contribution in [2.75, 3.05) is 0 Å². The van der Waals surface area contributed by atoms with Gasteiger partial charge in [0.1, 0.15) is 22.1 Å². The van der Waals surface area contributed by atoms with Crippen LogP contribution in [0.4, 0.5) is 0 Å². The lowest BCUT2D eigenvalue weighted by atomic mass is 10.1. The summed E-state index contributed by atoms with van der Waals surface area (Å²) in [5.74, 6) is 0.755. The van der Waals surface area contributed by atoms with E-state index >= 15 is 0 Å². The Morgan fingerprint density at radius 3 is 2.80 bits per heavy atom. The molecule has 3 aromatic heterocycles. The number of benzene rings is 1. The quantitative estimate of drug-likeness (QED) is 0.451. The third kappa shape index (κ3) is 1.63. The molecule has 20 heavy (non-hydrogen) atoms. The van der Waals surface area contributed by atoms with Crippen LogP contribution in [0.2, 0.25) is 5.15 Å². The predicted octanol–water partition coefficient (Wildman–Crippen LogP) is 5.20. The first-order chi connectivity index (χ1) is 9.72. The van der Waals surface area contributed by atoms with E-state index in [1.165, 1.54) is 0 Å². The van der Waals surface area contributed by atoms with Crippen LogP contribution in [0, 0.1) is 6.92 Å². The topological polar surface area (TPSA) is 39.2 Å². The summed E-state index contributed by atoms with van der Waals surface area (Å²) in [6.07, 6.45) is 3.39. The highest BCUT2D eigenvalue weighted by Crippen LogP contribution is 2.33. The van der Waals surface area contributed by atoms with Crippen LogP contribution in [0.25, 0.3) is 33.3 Å². The van der Waals surface area contributed by atoms with Gasteiger partial charge in [-0.15, -0.1) is 0 Å². The Labute approximate surface area is 119 Å². The number of rotatable bonds is 1. The number of hydrogen-bond donors (Lipinski definition) is 0. The van der Waals surface area contributed by atoms with Crippen LogP contribution in [0.5, 0.6) is 0 Å². The Morgan fingerprint density at radius 2 is 1.95 bits per heavy atom. The van der Waals surface area contributed by atoms with Gasteiger partial charge in [-0.3, -0.25) is 0 Å². The van der Waals surface area contributed by atoms with Crippen LogP contribution in [-0.4, -0.2) is 4.98 Å². The summed E-state index contributed by atoms with van der Waals surface area (Å²) in [5, 5.41) is 2.39. The fourth-order valence-electron chi connectivity index (χ4n) is 2.39. The molecule has 0 aliphatic carbocycles. The molecule has 1 aromatic carbocycles. The van der Waals surface area contributed by atoms with Crippen molar-refractivity contribution >= 4 is 33.5 Å². The molecule has 0 unspecified atom stereocenters. The monoisotopic (exact) mass is 283 g/mol. The minimum absolute atomic E-state index is 0.451. The fourth-order valence-corrected chi connectivity index (χ4v) is 2.59. The molecule has 3 heterocycles. The van der Waals surface area contributed by atoms with Gasteiger partial charge < -0.3 is 8.83 Å². The summed E-state index contributed by atoms with van der Waals surface area (Å²) in [6, 6.07) is 9.74. The first-order valence-electron chi connectivity index (χ1n) is 6.24. The molecular weight excluding hydrogens is 274 g/mol. The molecule has 0 atom stereocenters. The molecule has 98 valence electrons. The molecule has 0 N–H and O–H groups in total. The van der Waals surface area contributed by atoms with Crippen molar-refractivity contribution in [2.24, 2.45) is 0 Å². The molecule has 0 saturated carbocycles.